The van der Waals surface area contributed by atoms with Crippen molar-refractivity contribution in [2.75, 3.05) is 24.2 Å². The maximum absolute atomic E-state index is 11.7. The van der Waals surface area contributed by atoms with Gasteiger partial charge in [0.25, 0.3) is 0 Å². The zero-order chi connectivity index (χ0) is 12.7. The Balaban J connectivity index is 2.41. The highest BCUT2D eigenvalue weighted by atomic mass is 32.2. The van der Waals surface area contributed by atoms with E-state index in [1.54, 1.807) is 25.1 Å². The van der Waals surface area contributed by atoms with E-state index in [-0.39, 0.29) is 0 Å². The van der Waals surface area contributed by atoms with Crippen molar-refractivity contribution >= 4 is 15.5 Å². The first-order valence-corrected chi connectivity index (χ1v) is 7.45. The topological polar surface area (TPSA) is 57.6 Å². The molecule has 94 valence electrons. The molecule has 1 aliphatic heterocycles. The molecule has 5 heteroatoms. The third kappa shape index (κ3) is 2.61. The average molecular weight is 255 g/mol. The summed E-state index contributed by atoms with van der Waals surface area (Å²) in [7, 11) is -3.23. The van der Waals surface area contributed by atoms with Crippen LogP contribution in [0.25, 0.3) is 0 Å². The summed E-state index contributed by atoms with van der Waals surface area (Å²) in [6, 6.07) is 6.93. The third-order valence-electron chi connectivity index (χ3n) is 3.06. The molecule has 0 saturated carbocycles. The normalized spacial score (nSPS) is 25.2. The maximum Gasteiger partial charge on any atom is 0.177 e. The fourth-order valence-electron chi connectivity index (χ4n) is 2.18. The lowest BCUT2D eigenvalue weighted by Gasteiger charge is -2.22. The molecule has 1 heterocycles. The number of nitrogens with zero attached hydrogens (tertiary/aromatic N) is 1. The lowest BCUT2D eigenvalue weighted by atomic mass is 10.1. The summed E-state index contributed by atoms with van der Waals surface area (Å²) in [5.41, 5.74) is -0.0438. The van der Waals surface area contributed by atoms with Crippen LogP contribution in [0.2, 0.25) is 0 Å². The molecule has 0 bridgehead atoms. The molecule has 1 fully saturated rings. The second-order valence-corrected chi connectivity index (χ2v) is 6.89. The van der Waals surface area contributed by atoms with Crippen LogP contribution in [0, 0.1) is 0 Å². The van der Waals surface area contributed by atoms with Crippen LogP contribution >= 0.6 is 0 Å². The van der Waals surface area contributed by atoms with Crippen LogP contribution in [-0.2, 0) is 9.84 Å². The van der Waals surface area contributed by atoms with Crippen LogP contribution in [0.4, 0.5) is 5.69 Å². The van der Waals surface area contributed by atoms with Crippen LogP contribution in [0.15, 0.2) is 29.2 Å². The van der Waals surface area contributed by atoms with Gasteiger partial charge in [-0.15, -0.1) is 0 Å². The van der Waals surface area contributed by atoms with Crippen LogP contribution in [-0.4, -0.2) is 38.5 Å². The number of aliphatic hydroxyl groups is 1. The molecule has 0 aromatic heterocycles. The molecule has 1 aromatic rings. The van der Waals surface area contributed by atoms with Gasteiger partial charge >= 0.3 is 0 Å². The van der Waals surface area contributed by atoms with E-state index in [2.05, 4.69) is 0 Å². The Bertz CT molecular complexity index is 522. The van der Waals surface area contributed by atoms with Crippen molar-refractivity contribution in [2.45, 2.75) is 23.8 Å². The Labute approximate surface area is 102 Å². The predicted octanol–water partition coefficient (Wildman–Crippen LogP) is 1.05. The molecule has 0 aliphatic carbocycles. The van der Waals surface area contributed by atoms with Gasteiger partial charge in [0.15, 0.2) is 9.84 Å². The Morgan fingerprint density at radius 1 is 1.35 bits per heavy atom. The summed E-state index contributed by atoms with van der Waals surface area (Å²) < 4.78 is 23.4. The van der Waals surface area contributed by atoms with E-state index in [0.717, 1.165) is 0 Å². The zero-order valence-corrected chi connectivity index (χ0v) is 10.9. The molecule has 2 rings (SSSR count). The van der Waals surface area contributed by atoms with E-state index < -0.39 is 15.4 Å². The highest BCUT2D eigenvalue weighted by Gasteiger charge is 2.33. The summed E-state index contributed by atoms with van der Waals surface area (Å²) >= 11 is 0. The predicted molar refractivity (Wildman–Crippen MR) is 67.0 cm³/mol. The number of hydrogen-bond donors (Lipinski definition) is 1. The fraction of sp³-hybridized carbons (Fsp3) is 0.500. The van der Waals surface area contributed by atoms with Crippen molar-refractivity contribution in [2.24, 2.45) is 0 Å². The molecule has 0 spiro atoms. The third-order valence-corrected chi connectivity index (χ3v) is 4.20. The van der Waals surface area contributed by atoms with E-state index in [1.807, 2.05) is 11.0 Å². The number of rotatable bonds is 2. The fourth-order valence-corrected chi connectivity index (χ4v) is 3.09. The quantitative estimate of drug-likeness (QED) is 0.858. The summed E-state index contributed by atoms with van der Waals surface area (Å²) in [5, 5.41) is 9.93. The van der Waals surface area contributed by atoms with Gasteiger partial charge in [0, 0.05) is 19.3 Å². The van der Waals surface area contributed by atoms with Crippen LogP contribution in [0.3, 0.4) is 0 Å². The summed E-state index contributed by atoms with van der Waals surface area (Å²) in [6.45, 7) is 2.93. The van der Waals surface area contributed by atoms with Gasteiger partial charge in [0.1, 0.15) is 0 Å². The molecule has 1 aromatic carbocycles. The molecule has 0 radical (unpaired) electrons. The average Bonchev–Trinajstić information content (AvgIpc) is 2.58. The van der Waals surface area contributed by atoms with Gasteiger partial charge in [0.05, 0.1) is 16.2 Å². The largest absolute Gasteiger partial charge is 0.388 e. The van der Waals surface area contributed by atoms with Crippen molar-refractivity contribution in [3.8, 4) is 0 Å². The number of β-amino-alcohol motifs (C(OH)–C–C–N with tert-alkyl or cyclic N) is 1. The Morgan fingerprint density at radius 2 is 2.00 bits per heavy atom. The smallest absolute Gasteiger partial charge is 0.177 e. The van der Waals surface area contributed by atoms with Crippen molar-refractivity contribution < 1.29 is 13.5 Å². The molecule has 1 unspecified atom stereocenters. The maximum atomic E-state index is 11.7. The SMILES string of the molecule is CC1(O)CCN(c2ccccc2S(C)(=O)=O)C1. The number of para-hydroxylation sites is 1. The highest BCUT2D eigenvalue weighted by Crippen LogP contribution is 2.31. The van der Waals surface area contributed by atoms with E-state index in [1.165, 1.54) is 6.26 Å². The number of sulfone groups is 1. The lowest BCUT2D eigenvalue weighted by molar-refractivity contribution is 0.0839. The first-order chi connectivity index (χ1) is 7.80. The standard InChI is InChI=1S/C12H17NO3S/c1-12(14)7-8-13(9-12)10-5-3-4-6-11(10)17(2,15)16/h3-6,14H,7-9H2,1-2H3. The van der Waals surface area contributed by atoms with Crippen molar-refractivity contribution in [1.82, 2.24) is 0 Å². The minimum absolute atomic E-state index is 0.331. The number of benzene rings is 1. The molecule has 17 heavy (non-hydrogen) atoms. The molecule has 1 N–H and O–H groups in total. The number of hydrogen-bond acceptors (Lipinski definition) is 4. The van der Waals surface area contributed by atoms with E-state index >= 15 is 0 Å². The Morgan fingerprint density at radius 3 is 2.53 bits per heavy atom. The zero-order valence-electron chi connectivity index (χ0n) is 10.0. The summed E-state index contributed by atoms with van der Waals surface area (Å²) in [6.07, 6.45) is 1.87. The summed E-state index contributed by atoms with van der Waals surface area (Å²) in [4.78, 5) is 2.26. The van der Waals surface area contributed by atoms with Gasteiger partial charge in [-0.3, -0.25) is 0 Å². The first kappa shape index (κ1) is 12.4. The van der Waals surface area contributed by atoms with Crippen LogP contribution < -0.4 is 4.90 Å². The van der Waals surface area contributed by atoms with E-state index in [0.29, 0.717) is 30.1 Å². The van der Waals surface area contributed by atoms with E-state index in [9.17, 15) is 13.5 Å². The molecule has 1 aliphatic rings. The molecular weight excluding hydrogens is 238 g/mol. The molecule has 0 amide bonds. The number of anilines is 1. The van der Waals surface area contributed by atoms with Gasteiger partial charge in [-0.2, -0.15) is 0 Å². The van der Waals surface area contributed by atoms with Gasteiger partial charge in [0.2, 0.25) is 0 Å². The van der Waals surface area contributed by atoms with Gasteiger partial charge in [-0.25, -0.2) is 8.42 Å². The van der Waals surface area contributed by atoms with Gasteiger partial charge in [-0.1, -0.05) is 12.1 Å². The molecular formula is C12H17NO3S. The van der Waals surface area contributed by atoms with E-state index in [4.69, 9.17) is 0 Å². The second kappa shape index (κ2) is 3.99. The lowest BCUT2D eigenvalue weighted by Crippen LogP contribution is -2.30. The monoisotopic (exact) mass is 255 g/mol. The first-order valence-electron chi connectivity index (χ1n) is 5.56. The molecule has 1 saturated heterocycles. The highest BCUT2D eigenvalue weighted by molar-refractivity contribution is 7.90. The van der Waals surface area contributed by atoms with Gasteiger partial charge < -0.3 is 10.0 Å². The minimum atomic E-state index is -3.23. The van der Waals surface area contributed by atoms with Gasteiger partial charge in [-0.05, 0) is 25.5 Å². The minimum Gasteiger partial charge on any atom is -0.388 e. The van der Waals surface area contributed by atoms with Crippen molar-refractivity contribution in [1.29, 1.82) is 0 Å². The van der Waals surface area contributed by atoms with Crippen molar-refractivity contribution in [3.05, 3.63) is 24.3 Å². The molecule has 4 nitrogen and oxygen atoms in total. The Kier molecular flexibility index (Phi) is 2.91. The van der Waals surface area contributed by atoms with Crippen LogP contribution in [0.1, 0.15) is 13.3 Å². The molecule has 1 atom stereocenters. The van der Waals surface area contributed by atoms with Crippen LogP contribution in [0.5, 0.6) is 0 Å². The second-order valence-electron chi connectivity index (χ2n) is 4.91. The Hall–Kier alpha value is -1.07. The summed E-state index contributed by atoms with van der Waals surface area (Å²) in [5.74, 6) is 0. The van der Waals surface area contributed by atoms with Crippen molar-refractivity contribution in [3.63, 3.8) is 0 Å².